The average molecular weight is 169 g/mol. The number of carbonyl (C=O) groups excluding carboxylic acids is 1. The van der Waals surface area contributed by atoms with E-state index in [9.17, 15) is 4.79 Å². The van der Waals surface area contributed by atoms with E-state index in [-0.39, 0.29) is 16.9 Å². The number of halogens is 2. The van der Waals surface area contributed by atoms with Crippen LogP contribution in [0.2, 0.25) is 0 Å². The fraction of sp³-hybridized carbons (Fsp3) is 0.250. The zero-order valence-electron chi connectivity index (χ0n) is 4.19. The van der Waals surface area contributed by atoms with Crippen LogP contribution in [0, 0.1) is 0 Å². The Morgan fingerprint density at radius 3 is 2.44 bits per heavy atom. The molecule has 0 unspecified atom stereocenters. The van der Waals surface area contributed by atoms with Crippen molar-refractivity contribution in [1.82, 2.24) is 0 Å². The first-order chi connectivity index (χ1) is 4.20. The molecular formula is C4H2Cl2O3. The van der Waals surface area contributed by atoms with E-state index in [4.69, 9.17) is 23.2 Å². The van der Waals surface area contributed by atoms with Gasteiger partial charge in [0.2, 0.25) is 0 Å². The van der Waals surface area contributed by atoms with Crippen molar-refractivity contribution in [2.45, 2.75) is 0 Å². The Kier molecular flexibility index (Phi) is 1.83. The normalized spacial score (nSPS) is 17.1. The van der Waals surface area contributed by atoms with Gasteiger partial charge >= 0.3 is 6.16 Å². The summed E-state index contributed by atoms with van der Waals surface area (Å²) in [4.78, 5) is 10.2. The Bertz CT molecular complexity index is 171. The third-order valence-corrected chi connectivity index (χ3v) is 1.16. The van der Waals surface area contributed by atoms with Crippen LogP contribution in [-0.2, 0) is 9.47 Å². The molecule has 1 aliphatic rings. The SMILES string of the molecule is O=C1OCC(=C(Cl)Cl)O1. The van der Waals surface area contributed by atoms with Gasteiger partial charge in [0, 0.05) is 0 Å². The van der Waals surface area contributed by atoms with Crippen molar-refractivity contribution in [3.63, 3.8) is 0 Å². The molecule has 50 valence electrons. The van der Waals surface area contributed by atoms with Gasteiger partial charge in [0.15, 0.2) is 12.4 Å². The molecule has 5 heteroatoms. The summed E-state index contributed by atoms with van der Waals surface area (Å²) < 4.78 is 8.65. The van der Waals surface area contributed by atoms with Crippen LogP contribution in [-0.4, -0.2) is 12.8 Å². The monoisotopic (exact) mass is 168 g/mol. The Morgan fingerprint density at radius 1 is 1.56 bits per heavy atom. The molecule has 0 atom stereocenters. The fourth-order valence-corrected chi connectivity index (χ4v) is 0.563. The van der Waals surface area contributed by atoms with Crippen molar-refractivity contribution in [2.75, 3.05) is 6.61 Å². The van der Waals surface area contributed by atoms with Crippen LogP contribution in [0.25, 0.3) is 0 Å². The van der Waals surface area contributed by atoms with Gasteiger partial charge in [0.05, 0.1) is 0 Å². The maximum absolute atomic E-state index is 10.2. The maximum Gasteiger partial charge on any atom is 0.514 e. The second kappa shape index (κ2) is 2.45. The number of cyclic esters (lactones) is 2. The summed E-state index contributed by atoms with van der Waals surface area (Å²) in [7, 11) is 0. The topological polar surface area (TPSA) is 35.5 Å². The molecule has 3 nitrogen and oxygen atoms in total. The molecule has 9 heavy (non-hydrogen) atoms. The highest BCUT2D eigenvalue weighted by Crippen LogP contribution is 2.20. The van der Waals surface area contributed by atoms with Crippen LogP contribution in [0.5, 0.6) is 0 Å². The summed E-state index contributed by atoms with van der Waals surface area (Å²) in [6, 6.07) is 0. The number of rotatable bonds is 0. The summed E-state index contributed by atoms with van der Waals surface area (Å²) in [6.45, 7) is 0.0289. The van der Waals surface area contributed by atoms with Crippen molar-refractivity contribution >= 4 is 29.4 Å². The number of hydrogen-bond donors (Lipinski definition) is 0. The predicted octanol–water partition coefficient (Wildman–Crippen LogP) is 1.80. The molecule has 0 radical (unpaired) electrons. The molecule has 1 heterocycles. The minimum atomic E-state index is -0.760. The highest BCUT2D eigenvalue weighted by Gasteiger charge is 2.20. The van der Waals surface area contributed by atoms with Crippen molar-refractivity contribution < 1.29 is 14.3 Å². The van der Waals surface area contributed by atoms with Gasteiger partial charge in [-0.25, -0.2) is 4.79 Å². The van der Waals surface area contributed by atoms with Gasteiger partial charge in [0.25, 0.3) is 0 Å². The molecule has 0 aromatic heterocycles. The van der Waals surface area contributed by atoms with Gasteiger partial charge in [-0.1, -0.05) is 23.2 Å². The molecule has 0 saturated carbocycles. The van der Waals surface area contributed by atoms with Crippen LogP contribution in [0.15, 0.2) is 10.3 Å². The molecule has 1 fully saturated rings. The van der Waals surface area contributed by atoms with E-state index < -0.39 is 6.16 Å². The number of hydrogen-bond acceptors (Lipinski definition) is 3. The minimum Gasteiger partial charge on any atom is -0.426 e. The van der Waals surface area contributed by atoms with Crippen molar-refractivity contribution in [3.05, 3.63) is 10.3 Å². The van der Waals surface area contributed by atoms with Crippen LogP contribution in [0.3, 0.4) is 0 Å². The van der Waals surface area contributed by atoms with E-state index in [1.807, 2.05) is 0 Å². The minimum absolute atomic E-state index is 0.0289. The lowest BCUT2D eigenvalue weighted by Gasteiger charge is -1.87. The number of ether oxygens (including phenoxy) is 2. The third kappa shape index (κ3) is 1.50. The lowest BCUT2D eigenvalue weighted by Crippen LogP contribution is -1.88. The lowest BCUT2D eigenvalue weighted by atomic mass is 10.6. The van der Waals surface area contributed by atoms with E-state index in [1.165, 1.54) is 0 Å². The van der Waals surface area contributed by atoms with Gasteiger partial charge in [-0.15, -0.1) is 0 Å². The number of carbonyl (C=O) groups is 1. The molecule has 0 bridgehead atoms. The molecule has 0 aliphatic carbocycles. The fourth-order valence-electron chi connectivity index (χ4n) is 0.377. The molecule has 0 amide bonds. The molecule has 0 aromatic carbocycles. The summed E-state index contributed by atoms with van der Waals surface area (Å²) in [5.74, 6) is 0.170. The Morgan fingerprint density at radius 2 is 2.22 bits per heavy atom. The van der Waals surface area contributed by atoms with Gasteiger partial charge in [0.1, 0.15) is 4.49 Å². The Labute approximate surface area is 61.1 Å². The molecule has 0 spiro atoms. The second-order valence-electron chi connectivity index (χ2n) is 1.32. The zero-order valence-corrected chi connectivity index (χ0v) is 5.70. The second-order valence-corrected chi connectivity index (χ2v) is 2.27. The van der Waals surface area contributed by atoms with Crippen molar-refractivity contribution in [2.24, 2.45) is 0 Å². The summed E-state index contributed by atoms with van der Waals surface area (Å²) >= 11 is 10.5. The largest absolute Gasteiger partial charge is 0.514 e. The first-order valence-corrected chi connectivity index (χ1v) is 2.84. The van der Waals surface area contributed by atoms with E-state index in [1.54, 1.807) is 0 Å². The van der Waals surface area contributed by atoms with Crippen molar-refractivity contribution in [1.29, 1.82) is 0 Å². The molecule has 1 saturated heterocycles. The van der Waals surface area contributed by atoms with Crippen LogP contribution >= 0.6 is 23.2 Å². The summed E-state index contributed by atoms with van der Waals surface area (Å²) in [5.41, 5.74) is 0. The van der Waals surface area contributed by atoms with Gasteiger partial charge in [-0.2, -0.15) is 0 Å². The van der Waals surface area contributed by atoms with Gasteiger partial charge < -0.3 is 9.47 Å². The zero-order chi connectivity index (χ0) is 6.85. The molecule has 1 aliphatic heterocycles. The third-order valence-electron chi connectivity index (χ3n) is 0.738. The van der Waals surface area contributed by atoms with Gasteiger partial charge in [-0.05, 0) is 0 Å². The van der Waals surface area contributed by atoms with E-state index >= 15 is 0 Å². The maximum atomic E-state index is 10.2. The Hall–Kier alpha value is -0.410. The highest BCUT2D eigenvalue weighted by molar-refractivity contribution is 6.56. The molecule has 1 rings (SSSR count). The first kappa shape index (κ1) is 6.71. The van der Waals surface area contributed by atoms with E-state index in [0.29, 0.717) is 0 Å². The smallest absolute Gasteiger partial charge is 0.426 e. The molecular weight excluding hydrogens is 167 g/mol. The standard InChI is InChI=1S/C4H2Cl2O3/c5-3(6)2-1-8-4(7)9-2/h1H2. The summed E-state index contributed by atoms with van der Waals surface area (Å²) in [6.07, 6.45) is -0.760. The molecule has 0 aromatic rings. The van der Waals surface area contributed by atoms with Crippen LogP contribution < -0.4 is 0 Å². The quantitative estimate of drug-likeness (QED) is 0.518. The Balaban J connectivity index is 2.69. The first-order valence-electron chi connectivity index (χ1n) is 2.09. The van der Waals surface area contributed by atoms with Crippen LogP contribution in [0.4, 0.5) is 4.79 Å². The van der Waals surface area contributed by atoms with Crippen molar-refractivity contribution in [3.8, 4) is 0 Å². The highest BCUT2D eigenvalue weighted by atomic mass is 35.5. The lowest BCUT2D eigenvalue weighted by molar-refractivity contribution is 0.136. The van der Waals surface area contributed by atoms with Crippen LogP contribution in [0.1, 0.15) is 0 Å². The average Bonchev–Trinajstić information content (AvgIpc) is 2.14. The molecule has 0 N–H and O–H groups in total. The summed E-state index contributed by atoms with van der Waals surface area (Å²) in [5, 5.41) is 0. The van der Waals surface area contributed by atoms with E-state index in [2.05, 4.69) is 9.47 Å². The predicted molar refractivity (Wildman–Crippen MR) is 31.2 cm³/mol. The van der Waals surface area contributed by atoms with E-state index in [0.717, 1.165) is 0 Å². The van der Waals surface area contributed by atoms with Gasteiger partial charge in [-0.3, -0.25) is 0 Å².